The summed E-state index contributed by atoms with van der Waals surface area (Å²) in [7, 11) is -1.55. The van der Waals surface area contributed by atoms with Gasteiger partial charge in [0, 0.05) is 18.2 Å². The first-order valence-corrected chi connectivity index (χ1v) is 3.47. The van der Waals surface area contributed by atoms with Crippen LogP contribution in [0.25, 0.3) is 0 Å². The summed E-state index contributed by atoms with van der Waals surface area (Å²) in [6, 6.07) is 0. The van der Waals surface area contributed by atoms with E-state index in [1.165, 1.54) is 0 Å². The Morgan fingerprint density at radius 2 is 2.18 bits per heavy atom. The maximum Gasteiger partial charge on any atom is 0.551 e. The zero-order chi connectivity index (χ0) is 8.43. The van der Waals surface area contributed by atoms with E-state index in [1.807, 2.05) is 0 Å². The Labute approximate surface area is 70.6 Å². The second kappa shape index (κ2) is 3.18. The lowest BCUT2D eigenvalue weighted by molar-refractivity contribution is 0.413. The summed E-state index contributed by atoms with van der Waals surface area (Å²) in [6.07, 6.45) is 4.96. The molecule has 0 aromatic heterocycles. The van der Waals surface area contributed by atoms with Crippen molar-refractivity contribution in [1.29, 1.82) is 0 Å². The molecule has 0 unspecified atom stereocenters. The summed E-state index contributed by atoms with van der Waals surface area (Å²) < 4.78 is 0. The van der Waals surface area contributed by atoms with Gasteiger partial charge in [-0.3, -0.25) is 0 Å². The maximum absolute atomic E-state index is 8.82. The smallest absolute Gasteiger partial charge is 0.414 e. The molecule has 0 aromatic rings. The van der Waals surface area contributed by atoms with Gasteiger partial charge in [-0.25, -0.2) is 0 Å². The molecule has 0 aromatic carbocycles. The molecule has 1 aliphatic rings. The number of rotatable bonds is 1. The normalized spacial score (nSPS) is 16.8. The Balaban J connectivity index is 2.86. The number of hydrogen-bond donors (Lipinski definition) is 2. The van der Waals surface area contributed by atoms with Crippen LogP contribution in [0.3, 0.4) is 0 Å². The molecule has 0 amide bonds. The molecule has 0 fully saturated rings. The van der Waals surface area contributed by atoms with Gasteiger partial charge >= 0.3 is 7.12 Å². The first kappa shape index (κ1) is 8.46. The van der Waals surface area contributed by atoms with Crippen LogP contribution in [0.15, 0.2) is 35.4 Å². The largest absolute Gasteiger partial charge is 0.551 e. The topological polar surface area (TPSA) is 40.5 Å². The van der Waals surface area contributed by atoms with Crippen molar-refractivity contribution < 1.29 is 10.0 Å². The Morgan fingerprint density at radius 3 is 2.55 bits per heavy atom. The Morgan fingerprint density at radius 1 is 1.55 bits per heavy atom. The minimum atomic E-state index is -1.55. The van der Waals surface area contributed by atoms with Gasteiger partial charge in [0.05, 0.1) is 11.4 Å². The molecule has 0 heterocycles. The van der Waals surface area contributed by atoms with Crippen LogP contribution in [-0.4, -0.2) is 17.2 Å². The van der Waals surface area contributed by atoms with Gasteiger partial charge in [-0.15, -0.1) is 0 Å². The molecule has 11 heavy (non-hydrogen) atoms. The fourth-order valence-corrected chi connectivity index (χ4v) is 1.16. The molecule has 0 saturated carbocycles. The first-order valence-electron chi connectivity index (χ1n) is 3.09. The van der Waals surface area contributed by atoms with Crippen LogP contribution < -0.4 is 0 Å². The third-order valence-corrected chi connectivity index (χ3v) is 1.73. The summed E-state index contributed by atoms with van der Waals surface area (Å²) in [5.74, 6) is 0.272. The van der Waals surface area contributed by atoms with Crippen molar-refractivity contribution in [3.05, 3.63) is 41.2 Å². The lowest BCUT2D eigenvalue weighted by Gasteiger charge is -2.10. The molecular weight excluding hydrogens is 162 g/mol. The Bertz CT molecular complexity index is 233. The molecule has 1 rings (SSSR count). The highest BCUT2D eigenvalue weighted by molar-refractivity contribution is 6.56. The minimum Gasteiger partial charge on any atom is -0.414 e. The zero-order valence-electron chi connectivity index (χ0n) is 5.79. The van der Waals surface area contributed by atoms with Crippen LogP contribution in [0.5, 0.6) is 0 Å². The number of halogens is 1. The monoisotopic (exact) mass is 169 g/mol. The summed E-state index contributed by atoms with van der Waals surface area (Å²) in [6.45, 7) is 3.60. The van der Waals surface area contributed by atoms with Crippen molar-refractivity contribution in [3.63, 3.8) is 0 Å². The molecule has 1 aliphatic carbocycles. The molecule has 2 nitrogen and oxygen atoms in total. The summed E-state index contributed by atoms with van der Waals surface area (Å²) in [5.41, 5.74) is 0.535. The molecule has 0 saturated heterocycles. The van der Waals surface area contributed by atoms with Crippen molar-refractivity contribution in [2.24, 2.45) is 0 Å². The standard InChI is InChI=1S/C7H7BClO2/c1-5-3-2-4-6(9)7(5)8(10)11/h2-4,10-11H,1H2/q+1. The molecule has 0 atom stereocenters. The van der Waals surface area contributed by atoms with Gasteiger partial charge in [0.15, 0.2) is 0 Å². The Hall–Kier alpha value is -0.635. The average molecular weight is 169 g/mol. The van der Waals surface area contributed by atoms with E-state index in [2.05, 4.69) is 6.58 Å². The van der Waals surface area contributed by atoms with E-state index in [0.717, 1.165) is 0 Å². The van der Waals surface area contributed by atoms with Crippen LogP contribution in [0.2, 0.25) is 0 Å². The highest BCUT2D eigenvalue weighted by Gasteiger charge is 2.36. The van der Waals surface area contributed by atoms with Crippen molar-refractivity contribution >= 4 is 18.7 Å². The van der Waals surface area contributed by atoms with Gasteiger partial charge < -0.3 is 10.0 Å². The second-order valence-corrected chi connectivity index (χ2v) is 2.59. The lowest BCUT2D eigenvalue weighted by Crippen LogP contribution is -2.25. The maximum atomic E-state index is 8.82. The van der Waals surface area contributed by atoms with Gasteiger partial charge in [0.25, 0.3) is 0 Å². The van der Waals surface area contributed by atoms with Gasteiger partial charge in [0.2, 0.25) is 0 Å². The first-order chi connectivity index (χ1) is 5.13. The third-order valence-electron chi connectivity index (χ3n) is 1.40. The van der Waals surface area contributed by atoms with E-state index in [1.54, 1.807) is 18.2 Å². The van der Waals surface area contributed by atoms with Crippen LogP contribution in [0.1, 0.15) is 0 Å². The molecule has 0 spiro atoms. The van der Waals surface area contributed by atoms with Crippen molar-refractivity contribution in [2.75, 3.05) is 0 Å². The van der Waals surface area contributed by atoms with Gasteiger partial charge in [0.1, 0.15) is 5.03 Å². The molecule has 4 heteroatoms. The van der Waals surface area contributed by atoms with E-state index in [0.29, 0.717) is 10.6 Å². The zero-order valence-corrected chi connectivity index (χ0v) is 6.54. The van der Waals surface area contributed by atoms with Gasteiger partial charge in [-0.05, 0) is 6.58 Å². The third kappa shape index (κ3) is 1.68. The quantitative estimate of drug-likeness (QED) is 0.451. The van der Waals surface area contributed by atoms with E-state index in [-0.39, 0.29) is 5.82 Å². The van der Waals surface area contributed by atoms with Crippen molar-refractivity contribution in [3.8, 4) is 0 Å². The molecule has 0 radical (unpaired) electrons. The predicted octanol–water partition coefficient (Wildman–Crippen LogP) is 0.822. The van der Waals surface area contributed by atoms with Crippen LogP contribution in [0, 0.1) is 5.82 Å². The summed E-state index contributed by atoms with van der Waals surface area (Å²) in [4.78, 5) is 0. The second-order valence-electron chi connectivity index (χ2n) is 2.19. The number of allylic oxidation sites excluding steroid dienone is 5. The van der Waals surface area contributed by atoms with Crippen LogP contribution >= 0.6 is 11.6 Å². The SMILES string of the molecule is C=C1C=CC=C(Cl)[C+]1B(O)O. The van der Waals surface area contributed by atoms with E-state index < -0.39 is 7.12 Å². The molecule has 56 valence electrons. The Kier molecular flexibility index (Phi) is 2.44. The molecular formula is C7H7BClO2+. The van der Waals surface area contributed by atoms with E-state index >= 15 is 0 Å². The number of hydrogen-bond acceptors (Lipinski definition) is 2. The van der Waals surface area contributed by atoms with Crippen LogP contribution in [-0.2, 0) is 0 Å². The molecule has 2 N–H and O–H groups in total. The van der Waals surface area contributed by atoms with Crippen LogP contribution in [0.4, 0.5) is 0 Å². The average Bonchev–Trinajstić information content (AvgIpc) is 1.85. The fraction of sp³-hybridized carbons (Fsp3) is 0. The van der Waals surface area contributed by atoms with Crippen molar-refractivity contribution in [1.82, 2.24) is 0 Å². The van der Waals surface area contributed by atoms with Crippen molar-refractivity contribution in [2.45, 2.75) is 0 Å². The van der Waals surface area contributed by atoms with Gasteiger partial charge in [-0.2, -0.15) is 0 Å². The fourth-order valence-electron chi connectivity index (χ4n) is 0.871. The lowest BCUT2D eigenvalue weighted by atomic mass is 9.67. The predicted molar refractivity (Wildman–Crippen MR) is 45.7 cm³/mol. The highest BCUT2D eigenvalue weighted by atomic mass is 35.5. The van der Waals surface area contributed by atoms with E-state index in [4.69, 9.17) is 21.6 Å². The summed E-state index contributed by atoms with van der Waals surface area (Å²) >= 11 is 5.66. The van der Waals surface area contributed by atoms with Gasteiger partial charge in [-0.1, -0.05) is 11.6 Å². The van der Waals surface area contributed by atoms with E-state index in [9.17, 15) is 0 Å². The molecule has 0 aliphatic heterocycles. The minimum absolute atomic E-state index is 0.272. The molecule has 0 bridgehead atoms. The summed E-state index contributed by atoms with van der Waals surface area (Å²) in [5, 5.41) is 18.0. The highest BCUT2D eigenvalue weighted by Crippen LogP contribution is 2.29.